The first-order valence-electron chi connectivity index (χ1n) is 8.33. The Morgan fingerprint density at radius 2 is 2.08 bits per heavy atom. The van der Waals surface area contributed by atoms with Gasteiger partial charge >= 0.3 is 0 Å². The fourth-order valence-corrected chi connectivity index (χ4v) is 2.85. The Kier molecular flexibility index (Phi) is 5.19. The molecule has 1 saturated carbocycles. The van der Waals surface area contributed by atoms with E-state index in [-0.39, 0.29) is 5.91 Å². The van der Waals surface area contributed by atoms with Crippen LogP contribution in [0.3, 0.4) is 0 Å². The van der Waals surface area contributed by atoms with Crippen LogP contribution in [0.2, 0.25) is 0 Å². The summed E-state index contributed by atoms with van der Waals surface area (Å²) in [7, 11) is 3.26. The number of carbonyl (C=O) groups excluding carboxylic acids is 1. The van der Waals surface area contributed by atoms with Crippen molar-refractivity contribution >= 4 is 17.4 Å². The van der Waals surface area contributed by atoms with E-state index in [1.54, 1.807) is 20.4 Å². The van der Waals surface area contributed by atoms with Gasteiger partial charge in [0.05, 0.1) is 19.1 Å². The Morgan fingerprint density at radius 3 is 2.80 bits per heavy atom. The SMILES string of the molecule is COCCNC(=O)C1(c2ccnc(Nc3cccc(OC)c3)c2)CC1. The average Bonchev–Trinajstić information content (AvgIpc) is 3.44. The van der Waals surface area contributed by atoms with Crippen molar-refractivity contribution in [3.63, 3.8) is 0 Å². The summed E-state index contributed by atoms with van der Waals surface area (Å²) in [5.74, 6) is 1.54. The van der Waals surface area contributed by atoms with Crippen molar-refractivity contribution in [3.05, 3.63) is 48.2 Å². The van der Waals surface area contributed by atoms with E-state index in [4.69, 9.17) is 9.47 Å². The number of pyridine rings is 1. The number of hydrogen-bond donors (Lipinski definition) is 2. The van der Waals surface area contributed by atoms with Crippen LogP contribution in [-0.4, -0.2) is 38.3 Å². The third kappa shape index (κ3) is 3.91. The second-order valence-electron chi connectivity index (χ2n) is 6.12. The third-order valence-electron chi connectivity index (χ3n) is 4.43. The lowest BCUT2D eigenvalue weighted by atomic mass is 9.96. The summed E-state index contributed by atoms with van der Waals surface area (Å²) in [5.41, 5.74) is 1.45. The molecule has 0 bridgehead atoms. The predicted molar refractivity (Wildman–Crippen MR) is 96.3 cm³/mol. The highest BCUT2D eigenvalue weighted by atomic mass is 16.5. The summed E-state index contributed by atoms with van der Waals surface area (Å²) in [6.07, 6.45) is 3.45. The van der Waals surface area contributed by atoms with E-state index in [2.05, 4.69) is 15.6 Å². The molecule has 1 amide bonds. The molecule has 0 unspecified atom stereocenters. The zero-order valence-corrected chi connectivity index (χ0v) is 14.5. The summed E-state index contributed by atoms with van der Waals surface area (Å²) >= 11 is 0. The molecule has 1 aromatic heterocycles. The molecule has 6 heteroatoms. The van der Waals surface area contributed by atoms with E-state index in [1.165, 1.54) is 0 Å². The molecule has 6 nitrogen and oxygen atoms in total. The van der Waals surface area contributed by atoms with E-state index in [9.17, 15) is 4.79 Å². The molecule has 0 spiro atoms. The second-order valence-corrected chi connectivity index (χ2v) is 6.12. The number of nitrogens with one attached hydrogen (secondary N) is 2. The van der Waals surface area contributed by atoms with Crippen LogP contribution < -0.4 is 15.4 Å². The molecular formula is C19H23N3O3. The van der Waals surface area contributed by atoms with Crippen molar-refractivity contribution in [3.8, 4) is 5.75 Å². The maximum Gasteiger partial charge on any atom is 0.230 e. The first-order chi connectivity index (χ1) is 12.2. The Bertz CT molecular complexity index is 744. The van der Waals surface area contributed by atoms with Gasteiger partial charge in [-0.15, -0.1) is 0 Å². The van der Waals surface area contributed by atoms with Crippen LogP contribution in [0, 0.1) is 0 Å². The van der Waals surface area contributed by atoms with Gasteiger partial charge in [-0.05, 0) is 42.7 Å². The van der Waals surface area contributed by atoms with Gasteiger partial charge in [0, 0.05) is 31.6 Å². The number of rotatable bonds is 8. The molecule has 0 saturated heterocycles. The van der Waals surface area contributed by atoms with Gasteiger partial charge in [-0.3, -0.25) is 4.79 Å². The van der Waals surface area contributed by atoms with Crippen LogP contribution >= 0.6 is 0 Å². The van der Waals surface area contributed by atoms with Gasteiger partial charge in [-0.25, -0.2) is 4.98 Å². The molecule has 0 aliphatic heterocycles. The number of ether oxygens (including phenoxy) is 2. The summed E-state index contributed by atoms with van der Waals surface area (Å²) < 4.78 is 10.2. The number of hydrogen-bond acceptors (Lipinski definition) is 5. The van der Waals surface area contributed by atoms with Crippen LogP contribution in [0.5, 0.6) is 5.75 Å². The summed E-state index contributed by atoms with van der Waals surface area (Å²) in [6, 6.07) is 11.5. The van der Waals surface area contributed by atoms with Gasteiger partial charge in [-0.1, -0.05) is 6.07 Å². The highest BCUT2D eigenvalue weighted by Crippen LogP contribution is 2.48. The molecule has 0 atom stereocenters. The topological polar surface area (TPSA) is 72.5 Å². The van der Waals surface area contributed by atoms with Crippen molar-refractivity contribution in [1.82, 2.24) is 10.3 Å². The maximum atomic E-state index is 12.5. The normalized spacial score (nSPS) is 14.6. The fraction of sp³-hybridized carbons (Fsp3) is 0.368. The number of methoxy groups -OCH3 is 2. The lowest BCUT2D eigenvalue weighted by Gasteiger charge is -2.17. The molecule has 0 radical (unpaired) electrons. The van der Waals surface area contributed by atoms with Crippen LogP contribution in [0.1, 0.15) is 18.4 Å². The third-order valence-corrected chi connectivity index (χ3v) is 4.43. The lowest BCUT2D eigenvalue weighted by Crippen LogP contribution is -2.36. The molecule has 1 heterocycles. The smallest absolute Gasteiger partial charge is 0.230 e. The molecule has 2 aromatic rings. The zero-order valence-electron chi connectivity index (χ0n) is 14.5. The number of anilines is 2. The first kappa shape index (κ1) is 17.2. The van der Waals surface area contributed by atoms with Crippen LogP contribution in [0.4, 0.5) is 11.5 Å². The number of carbonyl (C=O) groups is 1. The van der Waals surface area contributed by atoms with Gasteiger partial charge in [0.1, 0.15) is 11.6 Å². The second kappa shape index (κ2) is 7.53. The largest absolute Gasteiger partial charge is 0.497 e. The van der Waals surface area contributed by atoms with Crippen LogP contribution in [-0.2, 0) is 14.9 Å². The van der Waals surface area contributed by atoms with Gasteiger partial charge in [-0.2, -0.15) is 0 Å². The molecule has 1 fully saturated rings. The number of benzene rings is 1. The van der Waals surface area contributed by atoms with Crippen molar-refractivity contribution in [2.75, 3.05) is 32.7 Å². The first-order valence-corrected chi connectivity index (χ1v) is 8.33. The Balaban J connectivity index is 1.74. The standard InChI is InChI=1S/C19H23N3O3/c1-24-11-10-21-18(23)19(7-8-19)14-6-9-20-17(12-14)22-15-4-3-5-16(13-15)25-2/h3-6,9,12-13H,7-8,10-11H2,1-2H3,(H,20,22)(H,21,23). The minimum absolute atomic E-state index is 0.0584. The quantitative estimate of drug-likeness (QED) is 0.722. The van der Waals surface area contributed by atoms with Crippen LogP contribution in [0.15, 0.2) is 42.6 Å². The van der Waals surface area contributed by atoms with E-state index in [1.807, 2.05) is 36.4 Å². The fourth-order valence-electron chi connectivity index (χ4n) is 2.85. The number of aromatic nitrogens is 1. The van der Waals surface area contributed by atoms with Crippen molar-refractivity contribution in [2.45, 2.75) is 18.3 Å². The van der Waals surface area contributed by atoms with E-state index in [0.717, 1.165) is 29.8 Å². The molecule has 1 aromatic carbocycles. The van der Waals surface area contributed by atoms with Crippen molar-refractivity contribution < 1.29 is 14.3 Å². The highest BCUT2D eigenvalue weighted by molar-refractivity contribution is 5.91. The van der Waals surface area contributed by atoms with Crippen molar-refractivity contribution in [1.29, 1.82) is 0 Å². The van der Waals surface area contributed by atoms with Gasteiger partial charge in [0.2, 0.25) is 5.91 Å². The number of amides is 1. The zero-order chi connectivity index (χ0) is 17.7. The highest BCUT2D eigenvalue weighted by Gasteiger charge is 2.51. The van der Waals surface area contributed by atoms with Gasteiger partial charge < -0.3 is 20.1 Å². The van der Waals surface area contributed by atoms with Crippen LogP contribution in [0.25, 0.3) is 0 Å². The Morgan fingerprint density at radius 1 is 1.24 bits per heavy atom. The summed E-state index contributed by atoms with van der Waals surface area (Å²) in [5, 5.41) is 6.22. The molecular weight excluding hydrogens is 318 g/mol. The van der Waals surface area contributed by atoms with Crippen molar-refractivity contribution in [2.24, 2.45) is 0 Å². The minimum Gasteiger partial charge on any atom is -0.497 e. The molecule has 2 N–H and O–H groups in total. The van der Waals surface area contributed by atoms with E-state index >= 15 is 0 Å². The monoisotopic (exact) mass is 341 g/mol. The molecule has 3 rings (SSSR count). The average molecular weight is 341 g/mol. The predicted octanol–water partition coefficient (Wildman–Crippen LogP) is 2.63. The summed E-state index contributed by atoms with van der Waals surface area (Å²) in [6.45, 7) is 1.04. The molecule has 1 aliphatic carbocycles. The molecule has 25 heavy (non-hydrogen) atoms. The van der Waals surface area contributed by atoms with Gasteiger partial charge in [0.25, 0.3) is 0 Å². The molecule has 1 aliphatic rings. The maximum absolute atomic E-state index is 12.5. The Labute approximate surface area is 147 Å². The van der Waals surface area contributed by atoms with Gasteiger partial charge in [0.15, 0.2) is 0 Å². The molecule has 132 valence electrons. The Hall–Kier alpha value is -2.60. The number of nitrogens with zero attached hydrogens (tertiary/aromatic N) is 1. The van der Waals surface area contributed by atoms with E-state index in [0.29, 0.717) is 19.0 Å². The lowest BCUT2D eigenvalue weighted by molar-refractivity contribution is -0.123. The summed E-state index contributed by atoms with van der Waals surface area (Å²) in [4.78, 5) is 16.9. The minimum atomic E-state index is -0.429. The van der Waals surface area contributed by atoms with E-state index < -0.39 is 5.41 Å².